The maximum atomic E-state index is 12.2. The van der Waals surface area contributed by atoms with E-state index in [4.69, 9.17) is 8.83 Å². The van der Waals surface area contributed by atoms with Crippen molar-refractivity contribution in [1.82, 2.24) is 0 Å². The fourth-order valence-corrected chi connectivity index (χ4v) is 4.14. The molecule has 0 aliphatic carbocycles. The number of aryl methyl sites for hydroxylation is 2. The van der Waals surface area contributed by atoms with Crippen LogP contribution in [0.1, 0.15) is 23.6 Å². The van der Waals surface area contributed by atoms with Gasteiger partial charge in [-0.2, -0.15) is 0 Å². The van der Waals surface area contributed by atoms with Crippen LogP contribution in [-0.2, 0) is 6.42 Å². The first kappa shape index (κ1) is 16.4. The first-order valence-corrected chi connectivity index (χ1v) is 9.32. The molecule has 0 radical (unpaired) electrons. The quantitative estimate of drug-likeness (QED) is 0.282. The fourth-order valence-electron chi connectivity index (χ4n) is 3.33. The fraction of sp³-hybridized carbons (Fsp3) is 0.190. The van der Waals surface area contributed by atoms with Crippen LogP contribution in [0.25, 0.3) is 33.1 Å². The van der Waals surface area contributed by atoms with Gasteiger partial charge in [-0.15, -0.1) is 0 Å². The molecule has 0 bridgehead atoms. The Morgan fingerprint density at radius 1 is 1.04 bits per heavy atom. The van der Waals surface area contributed by atoms with E-state index in [9.17, 15) is 4.79 Å². The molecule has 25 heavy (non-hydrogen) atoms. The highest BCUT2D eigenvalue weighted by molar-refractivity contribution is 14.1. The number of fused-ring (bicyclic) bond motifs is 2. The van der Waals surface area contributed by atoms with Gasteiger partial charge in [-0.3, -0.25) is 0 Å². The summed E-state index contributed by atoms with van der Waals surface area (Å²) in [7, 11) is 0. The second-order valence-electron chi connectivity index (χ2n) is 6.31. The molecular formula is C21H17IO3. The summed E-state index contributed by atoms with van der Waals surface area (Å²) in [5, 5.41) is 2.02. The van der Waals surface area contributed by atoms with Gasteiger partial charge in [0.15, 0.2) is 11.2 Å². The van der Waals surface area contributed by atoms with E-state index in [-0.39, 0.29) is 5.63 Å². The third kappa shape index (κ3) is 2.51. The van der Waals surface area contributed by atoms with E-state index in [0.717, 1.165) is 42.2 Å². The van der Waals surface area contributed by atoms with Crippen LogP contribution in [0.3, 0.4) is 0 Å². The molecule has 0 fully saturated rings. The Hall–Kier alpha value is -2.08. The van der Waals surface area contributed by atoms with Crippen molar-refractivity contribution in [2.45, 2.75) is 27.2 Å². The zero-order valence-electron chi connectivity index (χ0n) is 14.3. The lowest BCUT2D eigenvalue weighted by molar-refractivity contribution is 0.546. The third-order valence-electron chi connectivity index (χ3n) is 4.78. The lowest BCUT2D eigenvalue weighted by Gasteiger charge is -2.08. The molecule has 0 saturated carbocycles. The monoisotopic (exact) mass is 444 g/mol. The van der Waals surface area contributed by atoms with E-state index in [2.05, 4.69) is 59.8 Å². The Morgan fingerprint density at radius 2 is 1.76 bits per heavy atom. The SMILES string of the molecule is CCc1c(C)c2cc3c(-c4ccc(C)cc4)coc3c(I)c2oc1=O. The number of benzene rings is 2. The van der Waals surface area contributed by atoms with Gasteiger partial charge in [0.05, 0.1) is 9.83 Å². The maximum Gasteiger partial charge on any atom is 0.339 e. The predicted octanol–water partition coefficient (Wildman–Crippen LogP) is 5.99. The summed E-state index contributed by atoms with van der Waals surface area (Å²) in [6, 6.07) is 10.5. The van der Waals surface area contributed by atoms with Gasteiger partial charge in [0.25, 0.3) is 0 Å². The summed E-state index contributed by atoms with van der Waals surface area (Å²) in [5.74, 6) is 0. The third-order valence-corrected chi connectivity index (χ3v) is 5.76. The Labute approximate surface area is 158 Å². The molecule has 0 spiro atoms. The van der Waals surface area contributed by atoms with Crippen molar-refractivity contribution >= 4 is 44.5 Å². The van der Waals surface area contributed by atoms with Gasteiger partial charge in [0.1, 0.15) is 0 Å². The molecule has 0 saturated heterocycles. The molecule has 0 N–H and O–H groups in total. The van der Waals surface area contributed by atoms with E-state index >= 15 is 0 Å². The Bertz CT molecular complexity index is 1160. The topological polar surface area (TPSA) is 43.4 Å². The summed E-state index contributed by atoms with van der Waals surface area (Å²) >= 11 is 2.21. The molecule has 4 heteroatoms. The normalized spacial score (nSPS) is 11.5. The highest BCUT2D eigenvalue weighted by Crippen LogP contribution is 2.38. The smallest absolute Gasteiger partial charge is 0.339 e. The molecule has 0 amide bonds. The van der Waals surface area contributed by atoms with E-state index < -0.39 is 0 Å². The van der Waals surface area contributed by atoms with Crippen LogP contribution in [-0.4, -0.2) is 0 Å². The molecule has 4 aromatic rings. The molecule has 2 aromatic carbocycles. The van der Waals surface area contributed by atoms with Crippen molar-refractivity contribution in [1.29, 1.82) is 0 Å². The molecule has 0 atom stereocenters. The summed E-state index contributed by atoms with van der Waals surface area (Å²) in [6.07, 6.45) is 2.44. The number of halogens is 1. The van der Waals surface area contributed by atoms with Crippen LogP contribution in [0.15, 0.2) is 50.2 Å². The molecule has 2 heterocycles. The van der Waals surface area contributed by atoms with Gasteiger partial charge in [-0.1, -0.05) is 36.8 Å². The van der Waals surface area contributed by atoms with Crippen molar-refractivity contribution in [3.05, 3.63) is 67.3 Å². The summed E-state index contributed by atoms with van der Waals surface area (Å²) in [5.41, 5.74) is 6.24. The predicted molar refractivity (Wildman–Crippen MR) is 109 cm³/mol. The Kier molecular flexibility index (Phi) is 3.95. The lowest BCUT2D eigenvalue weighted by atomic mass is 9.99. The highest BCUT2D eigenvalue weighted by atomic mass is 127. The highest BCUT2D eigenvalue weighted by Gasteiger charge is 2.19. The van der Waals surface area contributed by atoms with Gasteiger partial charge in [-0.05, 0) is 60.1 Å². The summed E-state index contributed by atoms with van der Waals surface area (Å²) in [6.45, 7) is 6.04. The number of rotatable bonds is 2. The summed E-state index contributed by atoms with van der Waals surface area (Å²) in [4.78, 5) is 12.2. The number of hydrogen-bond acceptors (Lipinski definition) is 3. The second kappa shape index (κ2) is 6.02. The minimum Gasteiger partial charge on any atom is -0.462 e. The standard InChI is InChI=1S/C21H17IO3/c1-4-14-12(3)15-9-16-17(13-7-5-11(2)6-8-13)10-24-19(16)18(22)20(15)25-21(14)23/h5-10H,4H2,1-3H3. The first-order valence-electron chi connectivity index (χ1n) is 8.24. The van der Waals surface area contributed by atoms with Crippen LogP contribution in [0.4, 0.5) is 0 Å². The molecule has 126 valence electrons. The number of furan rings is 1. The first-order chi connectivity index (χ1) is 12.0. The second-order valence-corrected chi connectivity index (χ2v) is 7.38. The van der Waals surface area contributed by atoms with Crippen LogP contribution < -0.4 is 5.63 Å². The summed E-state index contributed by atoms with van der Waals surface area (Å²) < 4.78 is 12.3. The lowest BCUT2D eigenvalue weighted by Crippen LogP contribution is -2.09. The van der Waals surface area contributed by atoms with Gasteiger partial charge < -0.3 is 8.83 Å². The van der Waals surface area contributed by atoms with Crippen LogP contribution in [0.5, 0.6) is 0 Å². The van der Waals surface area contributed by atoms with Crippen molar-refractivity contribution in [2.75, 3.05) is 0 Å². The molecule has 0 aliphatic rings. The maximum absolute atomic E-state index is 12.2. The van der Waals surface area contributed by atoms with E-state index in [1.807, 2.05) is 13.8 Å². The average Bonchev–Trinajstić information content (AvgIpc) is 3.02. The molecule has 0 unspecified atom stereocenters. The largest absolute Gasteiger partial charge is 0.462 e. The van der Waals surface area contributed by atoms with Crippen molar-refractivity contribution in [3.63, 3.8) is 0 Å². The molecule has 0 aliphatic heterocycles. The zero-order valence-corrected chi connectivity index (χ0v) is 16.4. The number of hydrogen-bond donors (Lipinski definition) is 0. The van der Waals surface area contributed by atoms with Gasteiger partial charge in [0, 0.05) is 21.9 Å². The average molecular weight is 444 g/mol. The molecule has 3 nitrogen and oxygen atoms in total. The van der Waals surface area contributed by atoms with Crippen LogP contribution in [0, 0.1) is 17.4 Å². The minimum atomic E-state index is -0.255. The van der Waals surface area contributed by atoms with Crippen LogP contribution in [0.2, 0.25) is 0 Å². The molecule has 2 aromatic heterocycles. The van der Waals surface area contributed by atoms with E-state index in [0.29, 0.717) is 12.0 Å². The van der Waals surface area contributed by atoms with Crippen molar-refractivity contribution in [3.8, 4) is 11.1 Å². The Morgan fingerprint density at radius 3 is 2.44 bits per heavy atom. The Balaban J connectivity index is 2.10. The van der Waals surface area contributed by atoms with E-state index in [1.54, 1.807) is 6.26 Å². The van der Waals surface area contributed by atoms with Crippen LogP contribution >= 0.6 is 22.6 Å². The van der Waals surface area contributed by atoms with Crippen molar-refractivity contribution < 1.29 is 8.83 Å². The molecule has 4 rings (SSSR count). The van der Waals surface area contributed by atoms with Gasteiger partial charge >= 0.3 is 5.63 Å². The molecular weight excluding hydrogens is 427 g/mol. The zero-order chi connectivity index (χ0) is 17.7. The van der Waals surface area contributed by atoms with E-state index in [1.165, 1.54) is 5.56 Å². The van der Waals surface area contributed by atoms with Gasteiger partial charge in [0.2, 0.25) is 0 Å². The van der Waals surface area contributed by atoms with Gasteiger partial charge in [-0.25, -0.2) is 4.79 Å². The van der Waals surface area contributed by atoms with Crippen molar-refractivity contribution in [2.24, 2.45) is 0 Å². The minimum absolute atomic E-state index is 0.255.